The fourth-order valence-corrected chi connectivity index (χ4v) is 5.68. The van der Waals surface area contributed by atoms with Gasteiger partial charge >= 0.3 is 0 Å². The molecule has 0 spiro atoms. The minimum atomic E-state index is 0.781. The quantitative estimate of drug-likeness (QED) is 0.530. The lowest BCUT2D eigenvalue weighted by atomic mass is 9.66. The van der Waals surface area contributed by atoms with Gasteiger partial charge in [-0.3, -0.25) is 0 Å². The van der Waals surface area contributed by atoms with E-state index in [1.54, 1.807) is 7.11 Å². The Labute approximate surface area is 155 Å². The van der Waals surface area contributed by atoms with Gasteiger partial charge in [-0.1, -0.05) is 38.8 Å². The fourth-order valence-electron chi connectivity index (χ4n) is 5.68. The van der Waals surface area contributed by atoms with Gasteiger partial charge in [-0.25, -0.2) is 0 Å². The van der Waals surface area contributed by atoms with Gasteiger partial charge in [0.1, 0.15) is 5.75 Å². The standard InChI is InChI=1S/C24H38O/c1-4-5-18(2)19-6-8-20(9-7-19)21-10-12-22(13-11-21)23-14-16-24(25-3)17-15-23/h14-22H,4-13H2,1-3H3. The highest BCUT2D eigenvalue weighted by Crippen LogP contribution is 2.45. The molecule has 1 atom stereocenters. The van der Waals surface area contributed by atoms with Crippen LogP contribution < -0.4 is 4.74 Å². The van der Waals surface area contributed by atoms with Crippen molar-refractivity contribution in [3.63, 3.8) is 0 Å². The van der Waals surface area contributed by atoms with Gasteiger partial charge in [0, 0.05) is 0 Å². The molecule has 1 aromatic rings. The summed E-state index contributed by atoms with van der Waals surface area (Å²) in [5, 5.41) is 0. The molecule has 0 amide bonds. The van der Waals surface area contributed by atoms with Crippen molar-refractivity contribution in [3.05, 3.63) is 29.8 Å². The maximum Gasteiger partial charge on any atom is 0.118 e. The molecule has 0 N–H and O–H groups in total. The highest BCUT2D eigenvalue weighted by molar-refractivity contribution is 5.29. The minimum Gasteiger partial charge on any atom is -0.497 e. The van der Waals surface area contributed by atoms with Crippen molar-refractivity contribution in [3.8, 4) is 5.75 Å². The second kappa shape index (κ2) is 9.10. The zero-order valence-electron chi connectivity index (χ0n) is 16.7. The molecular weight excluding hydrogens is 304 g/mol. The summed E-state index contributed by atoms with van der Waals surface area (Å²) < 4.78 is 5.29. The maximum absolute atomic E-state index is 5.29. The van der Waals surface area contributed by atoms with Crippen molar-refractivity contribution >= 4 is 0 Å². The first-order chi connectivity index (χ1) is 12.2. The van der Waals surface area contributed by atoms with Crippen LogP contribution in [-0.2, 0) is 0 Å². The van der Waals surface area contributed by atoms with E-state index >= 15 is 0 Å². The average molecular weight is 343 g/mol. The normalized spacial score (nSPS) is 31.5. The zero-order valence-corrected chi connectivity index (χ0v) is 16.7. The summed E-state index contributed by atoms with van der Waals surface area (Å²) in [5.41, 5.74) is 1.52. The van der Waals surface area contributed by atoms with E-state index in [0.29, 0.717) is 0 Å². The molecule has 0 aromatic heterocycles. The van der Waals surface area contributed by atoms with Crippen LogP contribution in [0.25, 0.3) is 0 Å². The van der Waals surface area contributed by atoms with E-state index in [1.807, 2.05) is 0 Å². The van der Waals surface area contributed by atoms with Gasteiger partial charge in [0.2, 0.25) is 0 Å². The highest BCUT2D eigenvalue weighted by Gasteiger charge is 2.32. The van der Waals surface area contributed by atoms with E-state index in [0.717, 1.165) is 35.3 Å². The van der Waals surface area contributed by atoms with Crippen molar-refractivity contribution in [1.82, 2.24) is 0 Å². The lowest BCUT2D eigenvalue weighted by Crippen LogP contribution is -2.27. The maximum atomic E-state index is 5.29. The van der Waals surface area contributed by atoms with Crippen LogP contribution in [0.4, 0.5) is 0 Å². The number of hydrogen-bond donors (Lipinski definition) is 0. The number of methoxy groups -OCH3 is 1. The summed E-state index contributed by atoms with van der Waals surface area (Å²) in [7, 11) is 1.75. The van der Waals surface area contributed by atoms with Crippen LogP contribution in [0.5, 0.6) is 5.75 Å². The molecule has 140 valence electrons. The summed E-state index contributed by atoms with van der Waals surface area (Å²) in [6.07, 6.45) is 14.5. The molecule has 2 fully saturated rings. The van der Waals surface area contributed by atoms with Crippen molar-refractivity contribution in [2.45, 2.75) is 84.0 Å². The Morgan fingerprint density at radius 1 is 0.880 bits per heavy atom. The Bertz CT molecular complexity index is 489. The van der Waals surface area contributed by atoms with Gasteiger partial charge in [0.05, 0.1) is 7.11 Å². The molecule has 2 aliphatic rings. The molecule has 2 aliphatic carbocycles. The van der Waals surface area contributed by atoms with E-state index in [4.69, 9.17) is 4.74 Å². The predicted molar refractivity (Wildman–Crippen MR) is 107 cm³/mol. The van der Waals surface area contributed by atoms with E-state index in [1.165, 1.54) is 69.8 Å². The van der Waals surface area contributed by atoms with E-state index in [9.17, 15) is 0 Å². The lowest BCUT2D eigenvalue weighted by Gasteiger charge is -2.39. The monoisotopic (exact) mass is 342 g/mol. The Balaban J connectivity index is 1.45. The van der Waals surface area contributed by atoms with Gasteiger partial charge in [0.15, 0.2) is 0 Å². The van der Waals surface area contributed by atoms with E-state index < -0.39 is 0 Å². The molecule has 1 aromatic carbocycles. The third-order valence-electron chi connectivity index (χ3n) is 7.39. The first-order valence-electron chi connectivity index (χ1n) is 10.8. The number of ether oxygens (including phenoxy) is 1. The second-order valence-electron chi connectivity index (χ2n) is 8.83. The summed E-state index contributed by atoms with van der Waals surface area (Å²) in [6, 6.07) is 8.81. The van der Waals surface area contributed by atoms with Crippen LogP contribution in [0.2, 0.25) is 0 Å². The third-order valence-corrected chi connectivity index (χ3v) is 7.39. The molecule has 0 radical (unpaired) electrons. The molecule has 1 nitrogen and oxygen atoms in total. The number of rotatable bonds is 6. The molecule has 0 aliphatic heterocycles. The van der Waals surface area contributed by atoms with Crippen LogP contribution in [-0.4, -0.2) is 7.11 Å². The Morgan fingerprint density at radius 2 is 1.44 bits per heavy atom. The summed E-state index contributed by atoms with van der Waals surface area (Å²) in [6.45, 7) is 4.83. The molecule has 0 bridgehead atoms. The van der Waals surface area contributed by atoms with Crippen LogP contribution >= 0.6 is 0 Å². The average Bonchev–Trinajstić information content (AvgIpc) is 2.68. The lowest BCUT2D eigenvalue weighted by molar-refractivity contribution is 0.136. The van der Waals surface area contributed by atoms with Crippen LogP contribution in [0.15, 0.2) is 24.3 Å². The Kier molecular flexibility index (Phi) is 6.84. The first kappa shape index (κ1) is 18.8. The second-order valence-corrected chi connectivity index (χ2v) is 8.83. The molecule has 2 saturated carbocycles. The van der Waals surface area contributed by atoms with Gasteiger partial charge in [-0.05, 0) is 98.7 Å². The number of hydrogen-bond acceptors (Lipinski definition) is 1. The summed E-state index contributed by atoms with van der Waals surface area (Å²) in [5.74, 6) is 5.77. The van der Waals surface area contributed by atoms with Crippen molar-refractivity contribution in [2.75, 3.05) is 7.11 Å². The number of benzene rings is 1. The van der Waals surface area contributed by atoms with Crippen molar-refractivity contribution in [1.29, 1.82) is 0 Å². The molecule has 1 unspecified atom stereocenters. The molecule has 1 heteroatoms. The van der Waals surface area contributed by atoms with Crippen LogP contribution in [0, 0.1) is 23.7 Å². The predicted octanol–water partition coefficient (Wildman–Crippen LogP) is 7.21. The summed E-state index contributed by atoms with van der Waals surface area (Å²) in [4.78, 5) is 0. The Morgan fingerprint density at radius 3 is 1.96 bits per heavy atom. The van der Waals surface area contributed by atoms with Gasteiger partial charge in [0.25, 0.3) is 0 Å². The fraction of sp³-hybridized carbons (Fsp3) is 0.750. The molecule has 0 saturated heterocycles. The topological polar surface area (TPSA) is 9.23 Å². The molecular formula is C24H38O. The molecule has 25 heavy (non-hydrogen) atoms. The molecule has 3 rings (SSSR count). The van der Waals surface area contributed by atoms with Crippen LogP contribution in [0.3, 0.4) is 0 Å². The van der Waals surface area contributed by atoms with E-state index in [2.05, 4.69) is 38.1 Å². The van der Waals surface area contributed by atoms with Crippen molar-refractivity contribution in [2.24, 2.45) is 23.7 Å². The minimum absolute atomic E-state index is 0.781. The van der Waals surface area contributed by atoms with Crippen molar-refractivity contribution < 1.29 is 4.74 Å². The van der Waals surface area contributed by atoms with Gasteiger partial charge in [-0.15, -0.1) is 0 Å². The first-order valence-corrected chi connectivity index (χ1v) is 10.8. The van der Waals surface area contributed by atoms with E-state index in [-0.39, 0.29) is 0 Å². The van der Waals surface area contributed by atoms with Crippen LogP contribution in [0.1, 0.15) is 89.5 Å². The summed E-state index contributed by atoms with van der Waals surface area (Å²) >= 11 is 0. The SMILES string of the molecule is CCCC(C)C1CCC(C2CCC(c3ccc(OC)cc3)CC2)CC1. The zero-order chi connectivity index (χ0) is 17.6. The largest absolute Gasteiger partial charge is 0.497 e. The Hall–Kier alpha value is -0.980. The van der Waals surface area contributed by atoms with Gasteiger partial charge in [-0.2, -0.15) is 0 Å². The van der Waals surface area contributed by atoms with Gasteiger partial charge < -0.3 is 4.74 Å². The smallest absolute Gasteiger partial charge is 0.118 e. The molecule has 0 heterocycles. The third kappa shape index (κ3) is 4.80. The highest BCUT2D eigenvalue weighted by atomic mass is 16.5.